The van der Waals surface area contributed by atoms with Crippen molar-refractivity contribution >= 4 is 37.8 Å². The van der Waals surface area contributed by atoms with Gasteiger partial charge in [0, 0.05) is 0 Å². The fourth-order valence-corrected chi connectivity index (χ4v) is 3.99. The molecule has 0 heterocycles. The monoisotopic (exact) mass is 404 g/mol. The molecule has 1 aliphatic carbocycles. The molecule has 0 saturated heterocycles. The number of aromatic carboxylic acids is 1. The Morgan fingerprint density at radius 3 is 2.25 bits per heavy atom. The minimum atomic E-state index is -0.943. The Morgan fingerprint density at radius 2 is 1.80 bits per heavy atom. The minimum absolute atomic E-state index is 0.223. The van der Waals surface area contributed by atoms with Crippen LogP contribution >= 0.6 is 31.9 Å². The van der Waals surface area contributed by atoms with Gasteiger partial charge in [-0.05, 0) is 75.6 Å². The summed E-state index contributed by atoms with van der Waals surface area (Å²) >= 11 is 6.80. The molecule has 1 fully saturated rings. The van der Waals surface area contributed by atoms with Crippen molar-refractivity contribution in [2.45, 2.75) is 45.1 Å². The van der Waals surface area contributed by atoms with Crippen molar-refractivity contribution in [2.24, 2.45) is 5.92 Å². The van der Waals surface area contributed by atoms with Crippen molar-refractivity contribution < 1.29 is 14.6 Å². The van der Waals surface area contributed by atoms with E-state index in [9.17, 15) is 4.79 Å². The highest BCUT2D eigenvalue weighted by Crippen LogP contribution is 2.38. The second kappa shape index (κ2) is 6.94. The molecule has 20 heavy (non-hydrogen) atoms. The number of hydrogen-bond acceptors (Lipinski definition) is 2. The van der Waals surface area contributed by atoms with Crippen LogP contribution in [0.25, 0.3) is 0 Å². The highest BCUT2D eigenvalue weighted by atomic mass is 79.9. The molecule has 0 spiro atoms. The first-order valence-corrected chi connectivity index (χ1v) is 8.48. The number of benzene rings is 1. The van der Waals surface area contributed by atoms with Gasteiger partial charge in [0.1, 0.15) is 5.75 Å². The van der Waals surface area contributed by atoms with Crippen molar-refractivity contribution in [3.05, 3.63) is 26.6 Å². The molecular formula is C15H18Br2O3. The zero-order valence-electron chi connectivity index (χ0n) is 11.4. The van der Waals surface area contributed by atoms with Gasteiger partial charge in [0.15, 0.2) is 0 Å². The summed E-state index contributed by atoms with van der Waals surface area (Å²) in [5.74, 6) is 0.590. The fourth-order valence-electron chi connectivity index (χ4n) is 2.62. The Bertz CT molecular complexity index is 471. The van der Waals surface area contributed by atoms with E-state index < -0.39 is 5.97 Å². The molecule has 0 aliphatic heterocycles. The van der Waals surface area contributed by atoms with Crippen LogP contribution in [0.4, 0.5) is 0 Å². The number of carboxylic acid groups (broad SMARTS) is 1. The molecule has 0 aromatic heterocycles. The summed E-state index contributed by atoms with van der Waals surface area (Å²) in [4.78, 5) is 11.0. The quantitative estimate of drug-likeness (QED) is 0.743. The first-order chi connectivity index (χ1) is 9.51. The first kappa shape index (κ1) is 15.8. The summed E-state index contributed by atoms with van der Waals surface area (Å²) in [7, 11) is 0. The molecule has 1 aromatic carbocycles. The van der Waals surface area contributed by atoms with E-state index in [0.29, 0.717) is 14.7 Å². The number of carboxylic acids is 1. The number of halogens is 2. The maximum atomic E-state index is 11.0. The van der Waals surface area contributed by atoms with E-state index in [1.165, 1.54) is 19.3 Å². The van der Waals surface area contributed by atoms with E-state index in [1.54, 1.807) is 12.1 Å². The summed E-state index contributed by atoms with van der Waals surface area (Å²) in [5, 5.41) is 9.02. The lowest BCUT2D eigenvalue weighted by Crippen LogP contribution is -2.24. The average molecular weight is 406 g/mol. The molecule has 1 aromatic rings. The van der Waals surface area contributed by atoms with Gasteiger partial charge in [-0.15, -0.1) is 0 Å². The third kappa shape index (κ3) is 3.76. The predicted molar refractivity (Wildman–Crippen MR) is 85.5 cm³/mol. The Balaban J connectivity index is 2.08. The number of hydrogen-bond donors (Lipinski definition) is 1. The second-order valence-corrected chi connectivity index (χ2v) is 6.95. The molecule has 0 amide bonds. The van der Waals surface area contributed by atoms with Crippen molar-refractivity contribution in [3.8, 4) is 5.75 Å². The van der Waals surface area contributed by atoms with Crippen LogP contribution in [0.2, 0.25) is 0 Å². The van der Waals surface area contributed by atoms with Crippen LogP contribution in [0.15, 0.2) is 21.1 Å². The van der Waals surface area contributed by atoms with Crippen LogP contribution < -0.4 is 4.74 Å². The number of carbonyl (C=O) groups is 1. The Labute approximate surface area is 136 Å². The van der Waals surface area contributed by atoms with Gasteiger partial charge in [0.25, 0.3) is 0 Å². The number of rotatable bonds is 4. The third-order valence-electron chi connectivity index (χ3n) is 3.90. The van der Waals surface area contributed by atoms with Crippen LogP contribution in [0.5, 0.6) is 5.75 Å². The Morgan fingerprint density at radius 1 is 1.25 bits per heavy atom. The average Bonchev–Trinajstić information content (AvgIpc) is 2.43. The standard InChI is InChI=1S/C15H18Br2O3/c1-2-9-3-5-11(6-4-9)20-14-12(16)7-10(15(18)19)8-13(14)17/h7-9,11H,2-6H2,1H3,(H,18,19). The van der Waals surface area contributed by atoms with Gasteiger partial charge < -0.3 is 9.84 Å². The molecule has 1 aliphatic rings. The summed E-state index contributed by atoms with van der Waals surface area (Å²) < 4.78 is 7.42. The molecule has 1 saturated carbocycles. The highest BCUT2D eigenvalue weighted by molar-refractivity contribution is 9.11. The lowest BCUT2D eigenvalue weighted by Gasteiger charge is -2.29. The number of ether oxygens (including phenoxy) is 1. The molecule has 3 nitrogen and oxygen atoms in total. The van der Waals surface area contributed by atoms with Crippen LogP contribution in [0, 0.1) is 5.92 Å². The molecular weight excluding hydrogens is 388 g/mol. The van der Waals surface area contributed by atoms with Crippen molar-refractivity contribution in [1.82, 2.24) is 0 Å². The van der Waals surface area contributed by atoms with Gasteiger partial charge in [0.05, 0.1) is 20.6 Å². The topological polar surface area (TPSA) is 46.5 Å². The lowest BCUT2D eigenvalue weighted by atomic mass is 9.86. The summed E-state index contributed by atoms with van der Waals surface area (Å²) in [6.07, 6.45) is 6.03. The van der Waals surface area contributed by atoms with E-state index in [0.717, 1.165) is 18.8 Å². The Kier molecular flexibility index (Phi) is 5.49. The molecule has 0 atom stereocenters. The highest BCUT2D eigenvalue weighted by Gasteiger charge is 2.23. The maximum absolute atomic E-state index is 11.0. The van der Waals surface area contributed by atoms with Crippen LogP contribution in [0.1, 0.15) is 49.4 Å². The van der Waals surface area contributed by atoms with Crippen LogP contribution in [-0.2, 0) is 0 Å². The molecule has 110 valence electrons. The molecule has 5 heteroatoms. The van der Waals surface area contributed by atoms with Gasteiger partial charge in [0.2, 0.25) is 0 Å². The smallest absolute Gasteiger partial charge is 0.335 e. The maximum Gasteiger partial charge on any atom is 0.335 e. The van der Waals surface area contributed by atoms with Crippen molar-refractivity contribution in [2.75, 3.05) is 0 Å². The van der Waals surface area contributed by atoms with E-state index in [1.807, 2.05) is 0 Å². The normalized spacial score (nSPS) is 22.6. The summed E-state index contributed by atoms with van der Waals surface area (Å²) in [6.45, 7) is 2.24. The Hall–Kier alpha value is -0.550. The van der Waals surface area contributed by atoms with Crippen LogP contribution in [0.3, 0.4) is 0 Å². The van der Waals surface area contributed by atoms with E-state index in [-0.39, 0.29) is 11.7 Å². The summed E-state index contributed by atoms with van der Waals surface area (Å²) in [6, 6.07) is 3.17. The van der Waals surface area contributed by atoms with E-state index >= 15 is 0 Å². The first-order valence-electron chi connectivity index (χ1n) is 6.90. The van der Waals surface area contributed by atoms with Crippen molar-refractivity contribution in [1.29, 1.82) is 0 Å². The lowest BCUT2D eigenvalue weighted by molar-refractivity contribution is 0.0696. The third-order valence-corrected chi connectivity index (χ3v) is 5.08. The van der Waals surface area contributed by atoms with Gasteiger partial charge in [-0.2, -0.15) is 0 Å². The largest absolute Gasteiger partial charge is 0.488 e. The van der Waals surface area contributed by atoms with E-state index in [4.69, 9.17) is 9.84 Å². The molecule has 2 rings (SSSR count). The van der Waals surface area contributed by atoms with Gasteiger partial charge in [-0.3, -0.25) is 0 Å². The predicted octanol–water partition coefficient (Wildman–Crippen LogP) is 5.26. The van der Waals surface area contributed by atoms with Gasteiger partial charge in [-0.25, -0.2) is 4.79 Å². The van der Waals surface area contributed by atoms with Gasteiger partial charge >= 0.3 is 5.97 Å². The second-order valence-electron chi connectivity index (χ2n) is 5.24. The molecule has 0 bridgehead atoms. The molecule has 0 unspecified atom stereocenters. The fraction of sp³-hybridized carbons (Fsp3) is 0.533. The molecule has 1 N–H and O–H groups in total. The van der Waals surface area contributed by atoms with E-state index in [2.05, 4.69) is 38.8 Å². The zero-order valence-corrected chi connectivity index (χ0v) is 14.5. The van der Waals surface area contributed by atoms with Crippen molar-refractivity contribution in [3.63, 3.8) is 0 Å². The molecule has 0 radical (unpaired) electrons. The summed E-state index contributed by atoms with van der Waals surface area (Å²) in [5.41, 5.74) is 0.241. The SMILES string of the molecule is CCC1CCC(Oc2c(Br)cc(C(=O)O)cc2Br)CC1. The minimum Gasteiger partial charge on any atom is -0.488 e. The zero-order chi connectivity index (χ0) is 14.7. The van der Waals surface area contributed by atoms with Gasteiger partial charge in [-0.1, -0.05) is 13.3 Å². The van der Waals surface area contributed by atoms with Crippen LogP contribution in [-0.4, -0.2) is 17.2 Å².